The van der Waals surface area contributed by atoms with Gasteiger partial charge in [0, 0.05) is 0 Å². The summed E-state index contributed by atoms with van der Waals surface area (Å²) in [6.45, 7) is 6.08. The third-order valence-electron chi connectivity index (χ3n) is 0.707. The molecule has 0 atom stereocenters. The van der Waals surface area contributed by atoms with Crippen LogP contribution in [0.3, 0.4) is 0 Å². The van der Waals surface area contributed by atoms with Crippen molar-refractivity contribution in [1.82, 2.24) is 0 Å². The summed E-state index contributed by atoms with van der Waals surface area (Å²) < 4.78 is 36.9. The molecule has 5 heteroatoms. The monoisotopic (exact) mass is 307 g/mol. The summed E-state index contributed by atoms with van der Waals surface area (Å²) in [5.74, 6) is 0. The summed E-state index contributed by atoms with van der Waals surface area (Å²) in [5, 5.41) is 0. The van der Waals surface area contributed by atoms with Crippen molar-refractivity contribution in [3.63, 3.8) is 0 Å². The maximum Gasteiger partial charge on any atom is 0.433 e. The van der Waals surface area contributed by atoms with Gasteiger partial charge in [-0.1, -0.05) is 25.2 Å². The van der Waals surface area contributed by atoms with Crippen LogP contribution in [0.25, 0.3) is 0 Å². The molecule has 0 aliphatic rings. The van der Waals surface area contributed by atoms with E-state index in [0.717, 1.165) is 0 Å². The Morgan fingerprint density at radius 1 is 1.25 bits per heavy atom. The van der Waals surface area contributed by atoms with Gasteiger partial charge < -0.3 is 0 Å². The third-order valence-corrected chi connectivity index (χ3v) is 3.99. The van der Waals surface area contributed by atoms with Crippen LogP contribution in [0.4, 0.5) is 13.2 Å². The lowest BCUT2D eigenvalue weighted by Gasteiger charge is -2.00. The topological polar surface area (TPSA) is 0 Å². The third kappa shape index (κ3) is 10.3. The first kappa shape index (κ1) is 12.3. The van der Waals surface area contributed by atoms with Crippen molar-refractivity contribution < 1.29 is 34.4 Å². The second-order valence-corrected chi connectivity index (χ2v) is 10.2. The highest BCUT2D eigenvalue weighted by Crippen LogP contribution is 2.09. The average molecular weight is 307 g/mol. The van der Waals surface area contributed by atoms with Gasteiger partial charge in [0.2, 0.25) is 0 Å². The van der Waals surface area contributed by atoms with Crippen molar-refractivity contribution >= 4 is 8.07 Å². The summed E-state index contributed by atoms with van der Waals surface area (Å²) >= 11 is -0.982. The lowest BCUT2D eigenvalue weighted by Crippen LogP contribution is -3.61. The molecular formula is C7H11F3ISi+. The van der Waals surface area contributed by atoms with E-state index in [0.29, 0.717) is 0 Å². The Labute approximate surface area is 82.2 Å². The zero-order chi connectivity index (χ0) is 9.83. The lowest BCUT2D eigenvalue weighted by atomic mass is 10.8. The van der Waals surface area contributed by atoms with Gasteiger partial charge >= 0.3 is 27.4 Å². The summed E-state index contributed by atoms with van der Waals surface area (Å²) in [5.41, 5.74) is 2.93. The molecular weight excluding hydrogens is 296 g/mol. The predicted molar refractivity (Wildman–Crippen MR) is 42.0 cm³/mol. The first-order valence-corrected chi connectivity index (χ1v) is 9.48. The van der Waals surface area contributed by atoms with Crippen molar-refractivity contribution in [2.45, 2.75) is 25.8 Å². The molecule has 0 nitrogen and oxygen atoms in total. The van der Waals surface area contributed by atoms with Crippen LogP contribution in [-0.4, -0.2) is 18.7 Å². The molecule has 0 N–H and O–H groups in total. The molecule has 0 saturated carbocycles. The van der Waals surface area contributed by atoms with Crippen molar-refractivity contribution in [3.8, 4) is 9.47 Å². The van der Waals surface area contributed by atoms with Crippen LogP contribution in [0, 0.1) is 9.47 Å². The molecule has 0 rings (SSSR count). The second kappa shape index (κ2) is 4.51. The number of hydrogen-bond acceptors (Lipinski definition) is 0. The van der Waals surface area contributed by atoms with Gasteiger partial charge in [0.1, 0.15) is 8.07 Å². The molecule has 0 bridgehead atoms. The zero-order valence-corrected chi connectivity index (χ0v) is 10.4. The van der Waals surface area contributed by atoms with Crippen LogP contribution < -0.4 is 21.2 Å². The Hall–Kier alpha value is 0.297. The largest absolute Gasteiger partial charge is 0.433 e. The maximum atomic E-state index is 11.6. The molecule has 70 valence electrons. The van der Waals surface area contributed by atoms with Crippen LogP contribution >= 0.6 is 0 Å². The van der Waals surface area contributed by atoms with Crippen LogP contribution in [-0.2, 0) is 0 Å². The van der Waals surface area contributed by atoms with Crippen molar-refractivity contribution in [2.75, 3.05) is 4.43 Å². The smallest absolute Gasteiger partial charge is 0.166 e. The quantitative estimate of drug-likeness (QED) is 0.265. The number of rotatable bonds is 1. The second-order valence-electron chi connectivity index (χ2n) is 3.35. The molecule has 0 aromatic rings. The van der Waals surface area contributed by atoms with Crippen molar-refractivity contribution in [1.29, 1.82) is 0 Å². The van der Waals surface area contributed by atoms with Crippen LogP contribution in [0.15, 0.2) is 0 Å². The van der Waals surface area contributed by atoms with E-state index < -0.39 is 39.9 Å². The molecule has 0 heterocycles. The normalized spacial score (nSPS) is 12.2. The summed E-state index contributed by atoms with van der Waals surface area (Å²) in [7, 11) is -1.45. The van der Waals surface area contributed by atoms with E-state index in [4.69, 9.17) is 0 Å². The number of hydrogen-bond donors (Lipinski definition) is 0. The van der Waals surface area contributed by atoms with Gasteiger partial charge in [0.15, 0.2) is 3.93 Å². The van der Waals surface area contributed by atoms with E-state index in [1.165, 1.54) is 0 Å². The highest BCUT2D eigenvalue weighted by molar-refractivity contribution is 6.83. The number of alkyl halides is 4. The summed E-state index contributed by atoms with van der Waals surface area (Å²) in [4.78, 5) is 0. The molecule has 0 aromatic carbocycles. The van der Waals surface area contributed by atoms with E-state index in [2.05, 4.69) is 9.47 Å². The summed E-state index contributed by atoms with van der Waals surface area (Å²) in [6, 6.07) is 0. The fourth-order valence-electron chi connectivity index (χ4n) is 0.284. The average Bonchev–Trinajstić information content (AvgIpc) is 1.76. The Balaban J connectivity index is 3.75. The SMILES string of the molecule is C[Si](C)(C)C#C[I+]CC(F)(F)F. The molecule has 12 heavy (non-hydrogen) atoms. The van der Waals surface area contributed by atoms with Gasteiger partial charge in [-0.05, 0) is 0 Å². The molecule has 0 aliphatic carbocycles. The van der Waals surface area contributed by atoms with Crippen molar-refractivity contribution in [2.24, 2.45) is 0 Å². The predicted octanol–water partition coefficient (Wildman–Crippen LogP) is -0.524. The minimum absolute atomic E-state index is 0.677. The standard InChI is InChI=1S/C7H11F3ISi/c1-12(2,3)5-4-11-6-7(8,9)10/h6H2,1-3H3/q+1. The fourth-order valence-corrected chi connectivity index (χ4v) is 4.26. The van der Waals surface area contributed by atoms with Crippen LogP contribution in [0.1, 0.15) is 0 Å². The van der Waals surface area contributed by atoms with E-state index in [1.807, 2.05) is 19.6 Å². The van der Waals surface area contributed by atoms with Crippen LogP contribution in [0.5, 0.6) is 0 Å². The van der Waals surface area contributed by atoms with E-state index >= 15 is 0 Å². The zero-order valence-electron chi connectivity index (χ0n) is 7.22. The highest BCUT2D eigenvalue weighted by Gasteiger charge is 2.35. The Bertz CT molecular complexity index is 193. The fraction of sp³-hybridized carbons (Fsp3) is 0.714. The van der Waals surface area contributed by atoms with Gasteiger partial charge in [-0.3, -0.25) is 0 Å². The van der Waals surface area contributed by atoms with Gasteiger partial charge in [-0.25, -0.2) is 0 Å². The van der Waals surface area contributed by atoms with Crippen LogP contribution in [0.2, 0.25) is 19.6 Å². The van der Waals surface area contributed by atoms with Gasteiger partial charge in [0.05, 0.1) is 0 Å². The minimum Gasteiger partial charge on any atom is -0.166 e. The first-order valence-electron chi connectivity index (χ1n) is 3.38. The molecule has 0 amide bonds. The highest BCUT2D eigenvalue weighted by atomic mass is 127. The molecule has 0 unspecified atom stereocenters. The summed E-state index contributed by atoms with van der Waals surface area (Å²) in [6.07, 6.45) is -4.01. The van der Waals surface area contributed by atoms with E-state index in [9.17, 15) is 13.2 Å². The first-order chi connectivity index (χ1) is 5.21. The van der Waals surface area contributed by atoms with Crippen molar-refractivity contribution in [3.05, 3.63) is 0 Å². The molecule has 0 saturated heterocycles. The van der Waals surface area contributed by atoms with Gasteiger partial charge in [0.25, 0.3) is 4.43 Å². The van der Waals surface area contributed by atoms with Gasteiger partial charge in [-0.15, -0.1) is 0 Å². The van der Waals surface area contributed by atoms with Gasteiger partial charge in [-0.2, -0.15) is 13.2 Å². The van der Waals surface area contributed by atoms with E-state index in [1.54, 1.807) is 0 Å². The van der Waals surface area contributed by atoms with E-state index in [-0.39, 0.29) is 0 Å². The lowest BCUT2D eigenvalue weighted by molar-refractivity contribution is -0.596. The Morgan fingerprint density at radius 2 is 1.75 bits per heavy atom. The Kier molecular flexibility index (Phi) is 4.62. The molecule has 0 fully saturated rings. The molecule has 0 radical (unpaired) electrons. The number of halogens is 4. The molecule has 0 spiro atoms. The maximum absolute atomic E-state index is 11.6. The Morgan fingerprint density at radius 3 is 2.08 bits per heavy atom. The minimum atomic E-state index is -4.01. The molecule has 0 aliphatic heterocycles. The molecule has 0 aromatic heterocycles.